The van der Waals surface area contributed by atoms with Crippen LogP contribution in [0.15, 0.2) is 11.6 Å². The van der Waals surface area contributed by atoms with E-state index in [0.29, 0.717) is 5.82 Å². The van der Waals surface area contributed by atoms with Gasteiger partial charge in [-0.05, 0) is 24.1 Å². The lowest BCUT2D eigenvalue weighted by atomic mass is 10.1. The summed E-state index contributed by atoms with van der Waals surface area (Å²) in [4.78, 5) is 12.9. The van der Waals surface area contributed by atoms with E-state index in [1.807, 2.05) is 19.9 Å². The third-order valence-electron chi connectivity index (χ3n) is 1.96. The molecule has 0 aliphatic heterocycles. The first kappa shape index (κ1) is 10.6. The molecule has 0 saturated carbocycles. The molecule has 0 spiro atoms. The molecule has 14 heavy (non-hydrogen) atoms. The third kappa shape index (κ3) is 2.48. The lowest BCUT2D eigenvalue weighted by Gasteiger charge is -1.98. The van der Waals surface area contributed by atoms with E-state index in [2.05, 4.69) is 15.4 Å². The number of aryl methyl sites for hydroxylation is 1. The number of hydrogen-bond donors (Lipinski definition) is 0. The lowest BCUT2D eigenvalue weighted by Crippen LogP contribution is -2.07. The molecule has 0 atom stereocenters. The summed E-state index contributed by atoms with van der Waals surface area (Å²) in [7, 11) is 1.68. The zero-order valence-electron chi connectivity index (χ0n) is 8.69. The highest BCUT2D eigenvalue weighted by Gasteiger charge is 2.10. The van der Waals surface area contributed by atoms with Crippen molar-refractivity contribution in [3.8, 4) is 0 Å². The fraction of sp³-hybridized carbons (Fsp3) is 0.556. The number of ketones is 1. The Morgan fingerprint density at radius 3 is 2.71 bits per heavy atom. The highest BCUT2D eigenvalue weighted by molar-refractivity contribution is 5.96. The molecular formula is C9H14N4O. The zero-order chi connectivity index (χ0) is 10.6. The van der Waals surface area contributed by atoms with Crippen LogP contribution in [0.5, 0.6) is 0 Å². The van der Waals surface area contributed by atoms with E-state index in [-0.39, 0.29) is 12.2 Å². The second kappa shape index (κ2) is 4.64. The number of tetrazole rings is 1. The molecule has 1 rings (SSSR count). The van der Waals surface area contributed by atoms with Crippen LogP contribution in [0.3, 0.4) is 0 Å². The summed E-state index contributed by atoms with van der Waals surface area (Å²) in [6.45, 7) is 3.82. The van der Waals surface area contributed by atoms with Crippen LogP contribution in [0.4, 0.5) is 0 Å². The molecule has 1 heterocycles. The Bertz CT molecular complexity index is 353. The summed E-state index contributed by atoms with van der Waals surface area (Å²) >= 11 is 0. The van der Waals surface area contributed by atoms with Gasteiger partial charge >= 0.3 is 0 Å². The van der Waals surface area contributed by atoms with E-state index in [1.165, 1.54) is 4.80 Å². The van der Waals surface area contributed by atoms with Crippen molar-refractivity contribution in [1.82, 2.24) is 20.2 Å². The van der Waals surface area contributed by atoms with E-state index in [9.17, 15) is 4.79 Å². The van der Waals surface area contributed by atoms with Crippen LogP contribution in [-0.4, -0.2) is 26.0 Å². The Balaban J connectivity index is 2.66. The highest BCUT2D eigenvalue weighted by atomic mass is 16.1. The smallest absolute Gasteiger partial charge is 0.182 e. The van der Waals surface area contributed by atoms with Gasteiger partial charge in [-0.3, -0.25) is 4.79 Å². The molecular weight excluding hydrogens is 180 g/mol. The summed E-state index contributed by atoms with van der Waals surface area (Å²) in [6.07, 6.45) is 2.82. The van der Waals surface area contributed by atoms with Crippen molar-refractivity contribution in [3.05, 3.63) is 17.5 Å². The van der Waals surface area contributed by atoms with E-state index in [4.69, 9.17) is 0 Å². The van der Waals surface area contributed by atoms with Gasteiger partial charge in [-0.2, -0.15) is 4.80 Å². The normalized spacial score (nSPS) is 11.8. The standard InChI is InChI=1S/C9H14N4O/c1-4-7(5-2)8(14)6-9-10-12-13(3)11-9/h4H,5-6H2,1-3H3. The van der Waals surface area contributed by atoms with Gasteiger partial charge in [0.05, 0.1) is 13.5 Å². The predicted molar refractivity (Wildman–Crippen MR) is 51.6 cm³/mol. The SMILES string of the molecule is CC=C(CC)C(=O)Cc1nnn(C)n1. The Hall–Kier alpha value is -1.52. The summed E-state index contributed by atoms with van der Waals surface area (Å²) in [5.41, 5.74) is 0.817. The molecule has 0 saturated heterocycles. The van der Waals surface area contributed by atoms with Crippen molar-refractivity contribution >= 4 is 5.78 Å². The minimum atomic E-state index is 0.0722. The number of rotatable bonds is 4. The van der Waals surface area contributed by atoms with Crippen molar-refractivity contribution < 1.29 is 4.79 Å². The average molecular weight is 194 g/mol. The van der Waals surface area contributed by atoms with E-state index >= 15 is 0 Å². The molecule has 0 bridgehead atoms. The largest absolute Gasteiger partial charge is 0.294 e. The van der Waals surface area contributed by atoms with Crippen LogP contribution in [0.1, 0.15) is 26.1 Å². The van der Waals surface area contributed by atoms with E-state index in [1.54, 1.807) is 7.05 Å². The number of Topliss-reactive ketones (excluding diaryl/α,β-unsaturated/α-hetero) is 1. The van der Waals surface area contributed by atoms with Gasteiger partial charge in [-0.15, -0.1) is 10.2 Å². The Labute approximate surface area is 82.8 Å². The van der Waals surface area contributed by atoms with Gasteiger partial charge in [0, 0.05) is 0 Å². The molecule has 0 fully saturated rings. The summed E-state index contributed by atoms with van der Waals surface area (Å²) in [6, 6.07) is 0. The molecule has 0 radical (unpaired) electrons. The number of hydrogen-bond acceptors (Lipinski definition) is 4. The Morgan fingerprint density at radius 1 is 1.57 bits per heavy atom. The van der Waals surface area contributed by atoms with Crippen LogP contribution in [-0.2, 0) is 18.3 Å². The van der Waals surface area contributed by atoms with Crippen LogP contribution in [0, 0.1) is 0 Å². The third-order valence-corrected chi connectivity index (χ3v) is 1.96. The number of nitrogens with zero attached hydrogens (tertiary/aromatic N) is 4. The van der Waals surface area contributed by atoms with Gasteiger partial charge < -0.3 is 0 Å². The van der Waals surface area contributed by atoms with Crippen molar-refractivity contribution in [2.45, 2.75) is 26.7 Å². The maximum atomic E-state index is 11.6. The Morgan fingerprint density at radius 2 is 2.29 bits per heavy atom. The number of aromatic nitrogens is 4. The summed E-state index contributed by atoms with van der Waals surface area (Å²) in [5.74, 6) is 0.549. The molecule has 5 heteroatoms. The molecule has 0 N–H and O–H groups in total. The quantitative estimate of drug-likeness (QED) is 0.661. The predicted octanol–water partition coefficient (Wildman–Crippen LogP) is 0.678. The number of allylic oxidation sites excluding steroid dienone is 2. The van der Waals surface area contributed by atoms with Gasteiger partial charge in [0.1, 0.15) is 0 Å². The first-order valence-electron chi connectivity index (χ1n) is 4.58. The molecule has 0 unspecified atom stereocenters. The van der Waals surface area contributed by atoms with Gasteiger partial charge in [-0.1, -0.05) is 13.0 Å². The van der Waals surface area contributed by atoms with Crippen LogP contribution < -0.4 is 0 Å². The lowest BCUT2D eigenvalue weighted by molar-refractivity contribution is -0.115. The summed E-state index contributed by atoms with van der Waals surface area (Å²) in [5, 5.41) is 11.4. The monoisotopic (exact) mass is 194 g/mol. The maximum Gasteiger partial charge on any atom is 0.182 e. The first-order valence-corrected chi connectivity index (χ1v) is 4.58. The second-order valence-corrected chi connectivity index (χ2v) is 2.96. The fourth-order valence-electron chi connectivity index (χ4n) is 1.21. The molecule has 1 aromatic rings. The second-order valence-electron chi connectivity index (χ2n) is 2.96. The van der Waals surface area contributed by atoms with Crippen LogP contribution >= 0.6 is 0 Å². The van der Waals surface area contributed by atoms with Crippen molar-refractivity contribution in [3.63, 3.8) is 0 Å². The number of carbonyl (C=O) groups excluding carboxylic acids is 1. The molecule has 76 valence electrons. The summed E-state index contributed by atoms with van der Waals surface area (Å²) < 4.78 is 0. The average Bonchev–Trinajstić information content (AvgIpc) is 2.53. The molecule has 0 aliphatic carbocycles. The highest BCUT2D eigenvalue weighted by Crippen LogP contribution is 2.04. The van der Waals surface area contributed by atoms with E-state index in [0.717, 1.165) is 12.0 Å². The van der Waals surface area contributed by atoms with Gasteiger partial charge in [-0.25, -0.2) is 0 Å². The van der Waals surface area contributed by atoms with E-state index < -0.39 is 0 Å². The molecule has 0 aliphatic rings. The minimum Gasteiger partial charge on any atom is -0.294 e. The van der Waals surface area contributed by atoms with Gasteiger partial charge in [0.15, 0.2) is 11.6 Å². The van der Waals surface area contributed by atoms with Gasteiger partial charge in [0.2, 0.25) is 0 Å². The Kier molecular flexibility index (Phi) is 3.50. The molecule has 0 amide bonds. The zero-order valence-corrected chi connectivity index (χ0v) is 8.69. The topological polar surface area (TPSA) is 60.7 Å². The fourth-order valence-corrected chi connectivity index (χ4v) is 1.21. The first-order chi connectivity index (χ1) is 6.67. The van der Waals surface area contributed by atoms with Crippen LogP contribution in [0.25, 0.3) is 0 Å². The van der Waals surface area contributed by atoms with Crippen molar-refractivity contribution in [2.75, 3.05) is 0 Å². The van der Waals surface area contributed by atoms with Gasteiger partial charge in [0.25, 0.3) is 0 Å². The maximum absolute atomic E-state index is 11.6. The molecule has 1 aromatic heterocycles. The van der Waals surface area contributed by atoms with Crippen molar-refractivity contribution in [1.29, 1.82) is 0 Å². The van der Waals surface area contributed by atoms with Crippen molar-refractivity contribution in [2.24, 2.45) is 7.05 Å². The molecule has 0 aromatic carbocycles. The molecule has 5 nitrogen and oxygen atoms in total. The number of carbonyl (C=O) groups is 1. The minimum absolute atomic E-state index is 0.0722. The van der Waals surface area contributed by atoms with Crippen LogP contribution in [0.2, 0.25) is 0 Å².